The molecule has 1 aromatic carbocycles. The Morgan fingerprint density at radius 3 is 2.50 bits per heavy atom. The monoisotopic (exact) mass is 359 g/mol. The summed E-state index contributed by atoms with van der Waals surface area (Å²) in [5.41, 5.74) is 0.649. The standard InChI is InChI=1S/C14H12F3N3O3S/c1-22-9-5-3-8(7-10(9)23-2)4-6-11(21)18-13-20-19-12(24-13)14(15,16)17/h3-7H,1-2H3,(H,18,20,21). The van der Waals surface area contributed by atoms with Crippen LogP contribution in [0, 0.1) is 0 Å². The van der Waals surface area contributed by atoms with E-state index in [1.807, 2.05) is 0 Å². The average Bonchev–Trinajstić information content (AvgIpc) is 3.01. The van der Waals surface area contributed by atoms with E-state index in [1.54, 1.807) is 18.2 Å². The molecule has 0 spiro atoms. The van der Waals surface area contributed by atoms with Gasteiger partial charge in [0.05, 0.1) is 14.2 Å². The van der Waals surface area contributed by atoms with Gasteiger partial charge in [-0.15, -0.1) is 10.2 Å². The highest BCUT2D eigenvalue weighted by molar-refractivity contribution is 7.15. The Hall–Kier alpha value is -2.62. The van der Waals surface area contributed by atoms with Crippen LogP contribution in [0.25, 0.3) is 6.08 Å². The molecule has 128 valence electrons. The topological polar surface area (TPSA) is 73.3 Å². The summed E-state index contributed by atoms with van der Waals surface area (Å²) in [6.45, 7) is 0. The van der Waals surface area contributed by atoms with Gasteiger partial charge in [-0.3, -0.25) is 10.1 Å². The number of benzene rings is 1. The second-order valence-corrected chi connectivity index (χ2v) is 5.32. The number of rotatable bonds is 5. The summed E-state index contributed by atoms with van der Waals surface area (Å²) in [6.07, 6.45) is -1.95. The molecule has 0 aliphatic carbocycles. The maximum absolute atomic E-state index is 12.4. The third kappa shape index (κ3) is 4.44. The minimum absolute atomic E-state index is 0.232. The highest BCUT2D eigenvalue weighted by atomic mass is 32.1. The van der Waals surface area contributed by atoms with E-state index in [9.17, 15) is 18.0 Å². The van der Waals surface area contributed by atoms with E-state index in [-0.39, 0.29) is 16.5 Å². The number of carbonyl (C=O) groups is 1. The SMILES string of the molecule is COc1ccc(C=CC(=O)Nc2nnc(C(F)(F)F)s2)cc1OC. The van der Waals surface area contributed by atoms with Crippen LogP contribution in [-0.4, -0.2) is 30.3 Å². The lowest BCUT2D eigenvalue weighted by atomic mass is 10.2. The molecule has 0 radical (unpaired) electrons. The molecular formula is C14H12F3N3O3S. The van der Waals surface area contributed by atoms with Crippen molar-refractivity contribution in [3.63, 3.8) is 0 Å². The quantitative estimate of drug-likeness (QED) is 0.830. The molecule has 2 rings (SSSR count). The number of anilines is 1. The molecule has 1 amide bonds. The molecule has 0 aliphatic heterocycles. The number of halogens is 3. The lowest BCUT2D eigenvalue weighted by Gasteiger charge is -2.07. The molecular weight excluding hydrogens is 347 g/mol. The van der Waals surface area contributed by atoms with Gasteiger partial charge in [-0.25, -0.2) is 0 Å². The van der Waals surface area contributed by atoms with Crippen molar-refractivity contribution in [2.45, 2.75) is 6.18 Å². The van der Waals surface area contributed by atoms with Gasteiger partial charge in [0.15, 0.2) is 11.5 Å². The third-order valence-corrected chi connectivity index (χ3v) is 3.62. The highest BCUT2D eigenvalue weighted by Gasteiger charge is 2.35. The number of nitrogens with zero attached hydrogens (tertiary/aromatic N) is 2. The molecule has 0 saturated heterocycles. The number of hydrogen-bond donors (Lipinski definition) is 1. The van der Waals surface area contributed by atoms with E-state index in [1.165, 1.54) is 20.3 Å². The fourth-order valence-electron chi connectivity index (χ4n) is 1.66. The summed E-state index contributed by atoms with van der Waals surface area (Å²) in [7, 11) is 2.98. The van der Waals surface area contributed by atoms with E-state index in [2.05, 4.69) is 15.5 Å². The Balaban J connectivity index is 2.04. The zero-order valence-corrected chi connectivity index (χ0v) is 13.4. The summed E-state index contributed by atoms with van der Waals surface area (Å²) in [6, 6.07) is 5.00. The van der Waals surface area contributed by atoms with Crippen molar-refractivity contribution in [1.29, 1.82) is 0 Å². The van der Waals surface area contributed by atoms with Crippen molar-refractivity contribution in [2.75, 3.05) is 19.5 Å². The average molecular weight is 359 g/mol. The predicted octanol–water partition coefficient (Wildman–Crippen LogP) is 3.23. The summed E-state index contributed by atoms with van der Waals surface area (Å²) in [5, 5.41) is 7.11. The van der Waals surface area contributed by atoms with Gasteiger partial charge in [-0.1, -0.05) is 17.4 Å². The minimum Gasteiger partial charge on any atom is -0.493 e. The molecule has 0 unspecified atom stereocenters. The Labute approximate surface area is 138 Å². The molecule has 0 atom stereocenters. The predicted molar refractivity (Wildman–Crippen MR) is 82.1 cm³/mol. The molecule has 0 saturated carbocycles. The molecule has 24 heavy (non-hydrogen) atoms. The first kappa shape index (κ1) is 17.7. The van der Waals surface area contributed by atoms with Gasteiger partial charge in [-0.2, -0.15) is 13.2 Å². The van der Waals surface area contributed by atoms with Crippen molar-refractivity contribution in [3.05, 3.63) is 34.8 Å². The van der Waals surface area contributed by atoms with E-state index in [4.69, 9.17) is 9.47 Å². The van der Waals surface area contributed by atoms with Gasteiger partial charge in [0.1, 0.15) is 0 Å². The van der Waals surface area contributed by atoms with E-state index in [0.29, 0.717) is 17.1 Å². The van der Waals surface area contributed by atoms with Crippen LogP contribution in [0.4, 0.5) is 18.3 Å². The van der Waals surface area contributed by atoms with Crippen LogP contribution in [0.5, 0.6) is 11.5 Å². The highest BCUT2D eigenvalue weighted by Crippen LogP contribution is 2.33. The van der Waals surface area contributed by atoms with E-state index >= 15 is 0 Å². The fraction of sp³-hybridized carbons (Fsp3) is 0.214. The maximum atomic E-state index is 12.4. The van der Waals surface area contributed by atoms with Crippen LogP contribution in [-0.2, 0) is 11.0 Å². The fourth-order valence-corrected chi connectivity index (χ4v) is 2.28. The van der Waals surface area contributed by atoms with Gasteiger partial charge >= 0.3 is 6.18 Å². The number of hydrogen-bond acceptors (Lipinski definition) is 6. The van der Waals surface area contributed by atoms with Gasteiger partial charge in [0, 0.05) is 6.08 Å². The van der Waals surface area contributed by atoms with Crippen molar-refractivity contribution < 1.29 is 27.4 Å². The van der Waals surface area contributed by atoms with Crippen molar-refractivity contribution in [3.8, 4) is 11.5 Å². The number of methoxy groups -OCH3 is 2. The van der Waals surface area contributed by atoms with Crippen molar-refractivity contribution in [1.82, 2.24) is 10.2 Å². The van der Waals surface area contributed by atoms with Gasteiger partial charge in [0.25, 0.3) is 0 Å². The van der Waals surface area contributed by atoms with Crippen LogP contribution in [0.1, 0.15) is 10.6 Å². The normalized spacial score (nSPS) is 11.5. The van der Waals surface area contributed by atoms with Crippen LogP contribution in [0.15, 0.2) is 24.3 Å². The molecule has 0 bridgehead atoms. The lowest BCUT2D eigenvalue weighted by Crippen LogP contribution is -2.07. The smallest absolute Gasteiger partial charge is 0.445 e. The number of carbonyl (C=O) groups excluding carboxylic acids is 1. The molecule has 2 aromatic rings. The second kappa shape index (κ2) is 7.30. The maximum Gasteiger partial charge on any atom is 0.445 e. The van der Waals surface area contributed by atoms with Crippen LogP contribution in [0.3, 0.4) is 0 Å². The van der Waals surface area contributed by atoms with Gasteiger partial charge in [0.2, 0.25) is 16.0 Å². The molecule has 1 heterocycles. The molecule has 10 heteroatoms. The third-order valence-electron chi connectivity index (χ3n) is 2.73. The summed E-state index contributed by atoms with van der Waals surface area (Å²) >= 11 is 0.251. The Morgan fingerprint density at radius 2 is 1.92 bits per heavy atom. The van der Waals surface area contributed by atoms with Gasteiger partial charge in [-0.05, 0) is 23.8 Å². The number of alkyl halides is 3. The number of amides is 1. The van der Waals surface area contributed by atoms with E-state index < -0.39 is 17.1 Å². The first-order chi connectivity index (χ1) is 11.3. The molecule has 0 fully saturated rings. The van der Waals surface area contributed by atoms with Crippen LogP contribution >= 0.6 is 11.3 Å². The molecule has 1 aromatic heterocycles. The molecule has 1 N–H and O–H groups in total. The zero-order valence-electron chi connectivity index (χ0n) is 12.5. The number of aromatic nitrogens is 2. The van der Waals surface area contributed by atoms with Crippen LogP contribution in [0.2, 0.25) is 0 Å². The number of ether oxygens (including phenoxy) is 2. The van der Waals surface area contributed by atoms with Crippen molar-refractivity contribution >= 4 is 28.5 Å². The van der Waals surface area contributed by atoms with E-state index in [0.717, 1.165) is 6.08 Å². The molecule has 6 nitrogen and oxygen atoms in total. The largest absolute Gasteiger partial charge is 0.493 e. The second-order valence-electron chi connectivity index (χ2n) is 4.35. The zero-order chi connectivity index (χ0) is 17.7. The Morgan fingerprint density at radius 1 is 1.21 bits per heavy atom. The van der Waals surface area contributed by atoms with Crippen molar-refractivity contribution in [2.24, 2.45) is 0 Å². The first-order valence-corrected chi connectivity index (χ1v) is 7.27. The Bertz CT molecular complexity index is 759. The summed E-state index contributed by atoms with van der Waals surface area (Å²) in [5.74, 6) is 0.390. The first-order valence-electron chi connectivity index (χ1n) is 6.45. The molecule has 0 aliphatic rings. The number of nitrogens with one attached hydrogen (secondary N) is 1. The van der Waals surface area contributed by atoms with Crippen LogP contribution < -0.4 is 14.8 Å². The summed E-state index contributed by atoms with van der Waals surface area (Å²) < 4.78 is 47.4. The van der Waals surface area contributed by atoms with Gasteiger partial charge < -0.3 is 9.47 Å². The summed E-state index contributed by atoms with van der Waals surface area (Å²) in [4.78, 5) is 11.7. The lowest BCUT2D eigenvalue weighted by molar-refractivity contribution is -0.138. The Kier molecular flexibility index (Phi) is 5.39. The minimum atomic E-state index is -4.59.